The number of fused-ring (bicyclic) bond motifs is 1. The van der Waals surface area contributed by atoms with Gasteiger partial charge in [-0.25, -0.2) is 4.98 Å². The summed E-state index contributed by atoms with van der Waals surface area (Å²) in [5, 5.41) is 6.47. The highest BCUT2D eigenvalue weighted by Gasteiger charge is 2.12. The third kappa shape index (κ3) is 1.79. The van der Waals surface area contributed by atoms with Crippen molar-refractivity contribution in [3.05, 3.63) is 27.0 Å². The van der Waals surface area contributed by atoms with Gasteiger partial charge >= 0.3 is 0 Å². The Morgan fingerprint density at radius 2 is 2.33 bits per heavy atom. The molecule has 0 amide bonds. The number of aromatic nitrogens is 5. The first-order chi connectivity index (χ1) is 8.66. The molecule has 0 saturated heterocycles. The van der Waals surface area contributed by atoms with Crippen LogP contribution in [-0.2, 0) is 20.0 Å². The first-order valence-electron chi connectivity index (χ1n) is 5.66. The van der Waals surface area contributed by atoms with E-state index in [9.17, 15) is 0 Å². The van der Waals surface area contributed by atoms with Crippen molar-refractivity contribution in [2.75, 3.05) is 0 Å². The molecule has 3 rings (SSSR count). The van der Waals surface area contributed by atoms with E-state index in [4.69, 9.17) is 12.2 Å². The average molecular weight is 279 g/mol. The largest absolute Gasteiger partial charge is 0.328 e. The van der Waals surface area contributed by atoms with E-state index in [0.717, 1.165) is 40.3 Å². The van der Waals surface area contributed by atoms with E-state index in [1.54, 1.807) is 11.3 Å². The fourth-order valence-corrected chi connectivity index (χ4v) is 3.04. The van der Waals surface area contributed by atoms with Crippen LogP contribution >= 0.6 is 23.6 Å². The summed E-state index contributed by atoms with van der Waals surface area (Å²) < 4.78 is 4.71. The van der Waals surface area contributed by atoms with Crippen LogP contribution in [0.4, 0.5) is 0 Å². The number of aromatic amines is 1. The molecule has 0 saturated carbocycles. The normalized spacial score (nSPS) is 11.4. The van der Waals surface area contributed by atoms with Crippen LogP contribution in [0.3, 0.4) is 0 Å². The Labute approximate surface area is 113 Å². The van der Waals surface area contributed by atoms with Crippen LogP contribution in [0.25, 0.3) is 11.2 Å². The van der Waals surface area contributed by atoms with E-state index in [0.29, 0.717) is 0 Å². The predicted octanol–water partition coefficient (Wildman–Crippen LogP) is 2.44. The van der Waals surface area contributed by atoms with E-state index in [2.05, 4.69) is 25.0 Å². The molecule has 0 unspecified atom stereocenters. The van der Waals surface area contributed by atoms with Crippen LogP contribution in [0.1, 0.15) is 11.4 Å². The van der Waals surface area contributed by atoms with Crippen molar-refractivity contribution in [2.24, 2.45) is 7.05 Å². The minimum atomic E-state index is 0.747. The third-order valence-electron chi connectivity index (χ3n) is 3.00. The van der Waals surface area contributed by atoms with E-state index in [1.807, 2.05) is 24.2 Å². The highest BCUT2D eigenvalue weighted by molar-refractivity contribution is 7.71. The number of thiazole rings is 1. The number of H-pyrrole nitrogens is 1. The molecular formula is C11H13N5S2. The van der Waals surface area contributed by atoms with Gasteiger partial charge in [0.15, 0.2) is 10.4 Å². The molecule has 0 aliphatic carbocycles. The smallest absolute Gasteiger partial charge is 0.179 e. The summed E-state index contributed by atoms with van der Waals surface area (Å²) in [5.41, 5.74) is 6.02. The van der Waals surface area contributed by atoms with Gasteiger partial charge in [0, 0.05) is 25.4 Å². The van der Waals surface area contributed by atoms with Crippen molar-refractivity contribution >= 4 is 34.7 Å². The lowest BCUT2D eigenvalue weighted by atomic mass is 10.3. The van der Waals surface area contributed by atoms with Crippen molar-refractivity contribution in [1.29, 1.82) is 0 Å². The second-order valence-electron chi connectivity index (χ2n) is 4.22. The number of imidazole rings is 1. The third-order valence-corrected chi connectivity index (χ3v) is 3.96. The van der Waals surface area contributed by atoms with Crippen molar-refractivity contribution in [1.82, 2.24) is 24.3 Å². The average Bonchev–Trinajstić information content (AvgIpc) is 2.98. The van der Waals surface area contributed by atoms with Gasteiger partial charge in [-0.05, 0) is 19.1 Å². The Hall–Kier alpha value is -1.47. The minimum absolute atomic E-state index is 0.747. The van der Waals surface area contributed by atoms with Gasteiger partial charge in [-0.2, -0.15) is 5.10 Å². The zero-order chi connectivity index (χ0) is 12.7. The lowest BCUT2D eigenvalue weighted by Gasteiger charge is -2.03. The summed E-state index contributed by atoms with van der Waals surface area (Å²) in [6.07, 6.45) is 0.884. The molecule has 0 spiro atoms. The van der Waals surface area contributed by atoms with Gasteiger partial charge in [0.2, 0.25) is 0 Å². The molecule has 18 heavy (non-hydrogen) atoms. The summed E-state index contributed by atoms with van der Waals surface area (Å²) in [7, 11) is 1.94. The van der Waals surface area contributed by atoms with Crippen LogP contribution in [-0.4, -0.2) is 24.3 Å². The Morgan fingerprint density at radius 1 is 1.50 bits per heavy atom. The maximum Gasteiger partial charge on any atom is 0.179 e. The fraction of sp³-hybridized carbons (Fsp3) is 0.364. The van der Waals surface area contributed by atoms with Gasteiger partial charge in [0.25, 0.3) is 0 Å². The molecule has 94 valence electrons. The molecule has 5 nitrogen and oxygen atoms in total. The van der Waals surface area contributed by atoms with Crippen molar-refractivity contribution in [3.8, 4) is 0 Å². The van der Waals surface area contributed by atoms with Gasteiger partial charge in [-0.15, -0.1) is 11.3 Å². The number of nitrogens with one attached hydrogen (secondary N) is 1. The van der Waals surface area contributed by atoms with Crippen LogP contribution in [0.5, 0.6) is 0 Å². The summed E-state index contributed by atoms with van der Waals surface area (Å²) >= 11 is 6.99. The highest BCUT2D eigenvalue weighted by atomic mass is 32.1. The first kappa shape index (κ1) is 11.6. The lowest BCUT2D eigenvalue weighted by Crippen LogP contribution is -2.05. The second-order valence-corrected chi connectivity index (χ2v) is 5.32. The van der Waals surface area contributed by atoms with Crippen molar-refractivity contribution < 1.29 is 0 Å². The van der Waals surface area contributed by atoms with Gasteiger partial charge in [0.1, 0.15) is 5.52 Å². The topological polar surface area (TPSA) is 51.4 Å². The lowest BCUT2D eigenvalue weighted by molar-refractivity contribution is 0.659. The van der Waals surface area contributed by atoms with Crippen molar-refractivity contribution in [3.63, 3.8) is 0 Å². The number of nitrogens with zero attached hydrogens (tertiary/aromatic N) is 4. The van der Waals surface area contributed by atoms with Gasteiger partial charge in [-0.3, -0.25) is 4.68 Å². The maximum absolute atomic E-state index is 5.37. The Bertz CT molecular complexity index is 731. The van der Waals surface area contributed by atoms with Crippen LogP contribution in [0.2, 0.25) is 0 Å². The van der Waals surface area contributed by atoms with Gasteiger partial charge < -0.3 is 9.55 Å². The fourth-order valence-electron chi connectivity index (χ4n) is 2.17. The number of hydrogen-bond acceptors (Lipinski definition) is 4. The first-order valence-corrected chi connectivity index (χ1v) is 7.01. The minimum Gasteiger partial charge on any atom is -0.328 e. The molecule has 7 heteroatoms. The summed E-state index contributed by atoms with van der Waals surface area (Å²) in [6, 6.07) is 0. The zero-order valence-corrected chi connectivity index (χ0v) is 11.8. The number of hydrogen-bond donors (Lipinski definition) is 1. The molecule has 0 aromatic carbocycles. The summed E-state index contributed by atoms with van der Waals surface area (Å²) in [4.78, 5) is 7.51. The zero-order valence-electron chi connectivity index (χ0n) is 10.2. The standard InChI is InChI=1S/C11H13N5S2/c1-7-9-10(15(2)14-7)16(11(17)13-9)4-3-8-5-18-6-12-8/h5-6H,3-4H2,1-2H3,(H,13,17). The van der Waals surface area contributed by atoms with E-state index >= 15 is 0 Å². The summed E-state index contributed by atoms with van der Waals surface area (Å²) in [5.74, 6) is 0. The molecule has 3 aromatic heterocycles. The van der Waals surface area contributed by atoms with E-state index < -0.39 is 0 Å². The molecule has 0 fully saturated rings. The molecule has 0 aliphatic heterocycles. The molecule has 0 atom stereocenters. The van der Waals surface area contributed by atoms with E-state index in [1.165, 1.54) is 0 Å². The Kier molecular flexibility index (Phi) is 2.79. The summed E-state index contributed by atoms with van der Waals surface area (Å²) in [6.45, 7) is 2.81. The molecule has 0 bridgehead atoms. The molecule has 3 heterocycles. The van der Waals surface area contributed by atoms with E-state index in [-0.39, 0.29) is 0 Å². The predicted molar refractivity (Wildman–Crippen MR) is 74.4 cm³/mol. The quantitative estimate of drug-likeness (QED) is 0.749. The van der Waals surface area contributed by atoms with Crippen LogP contribution in [0, 0.1) is 11.7 Å². The molecule has 1 N–H and O–H groups in total. The monoisotopic (exact) mass is 279 g/mol. The molecule has 0 radical (unpaired) electrons. The van der Waals surface area contributed by atoms with Crippen LogP contribution < -0.4 is 0 Å². The SMILES string of the molecule is Cc1nn(C)c2c1[nH]c(=S)n2CCc1cscn1. The molecular weight excluding hydrogens is 266 g/mol. The highest BCUT2D eigenvalue weighted by Crippen LogP contribution is 2.17. The molecule has 0 aliphatic rings. The maximum atomic E-state index is 5.37. The van der Waals surface area contributed by atoms with Gasteiger partial charge in [0.05, 0.1) is 16.9 Å². The van der Waals surface area contributed by atoms with Gasteiger partial charge in [-0.1, -0.05) is 0 Å². The van der Waals surface area contributed by atoms with Crippen molar-refractivity contribution in [2.45, 2.75) is 19.9 Å². The van der Waals surface area contributed by atoms with Crippen LogP contribution in [0.15, 0.2) is 10.9 Å². The number of aryl methyl sites for hydroxylation is 4. The second kappa shape index (κ2) is 4.33. The number of rotatable bonds is 3. The molecule has 3 aromatic rings. The Morgan fingerprint density at radius 3 is 3.06 bits per heavy atom. The Balaban J connectivity index is 2.00.